The van der Waals surface area contributed by atoms with Crippen LogP contribution in [0.4, 0.5) is 17.5 Å². The first kappa shape index (κ1) is 25.2. The number of hydrogen-bond donors (Lipinski definition) is 3. The first-order valence-electron chi connectivity index (χ1n) is 11.9. The standard InChI is InChI=1S/C26H26N8O3S/c1-3-21(35)31-17-4-5-19(15(2)10-17)25(36)28-14-18-11-20-22(38-18)24(34-6-8-37-9-7-34)33-23(32-20)16-12-29-26(27)30-13-16/h3-5,10-13H,1,6-9,14H2,2H3,(H,28,36)(H,31,35)(H2,27,29,30). The summed E-state index contributed by atoms with van der Waals surface area (Å²) in [6.45, 7) is 8.28. The first-order valence-corrected chi connectivity index (χ1v) is 12.8. The third kappa shape index (κ3) is 5.45. The van der Waals surface area contributed by atoms with Crippen LogP contribution in [0, 0.1) is 6.92 Å². The van der Waals surface area contributed by atoms with Gasteiger partial charge in [-0.2, -0.15) is 0 Å². The van der Waals surface area contributed by atoms with Crippen LogP contribution in [-0.4, -0.2) is 58.1 Å². The van der Waals surface area contributed by atoms with Gasteiger partial charge in [-0.1, -0.05) is 6.58 Å². The molecule has 0 unspecified atom stereocenters. The molecule has 0 bridgehead atoms. The predicted molar refractivity (Wildman–Crippen MR) is 147 cm³/mol. The Hall–Kier alpha value is -4.42. The highest BCUT2D eigenvalue weighted by Crippen LogP contribution is 2.34. The van der Waals surface area contributed by atoms with E-state index >= 15 is 0 Å². The van der Waals surface area contributed by atoms with E-state index < -0.39 is 0 Å². The highest BCUT2D eigenvalue weighted by molar-refractivity contribution is 7.19. The highest BCUT2D eigenvalue weighted by Gasteiger charge is 2.21. The van der Waals surface area contributed by atoms with Crippen molar-refractivity contribution in [2.75, 3.05) is 42.3 Å². The second-order valence-electron chi connectivity index (χ2n) is 8.63. The van der Waals surface area contributed by atoms with Crippen LogP contribution in [0.5, 0.6) is 0 Å². The van der Waals surface area contributed by atoms with Gasteiger partial charge in [-0.05, 0) is 42.8 Å². The molecule has 4 aromatic rings. The molecule has 1 saturated heterocycles. The van der Waals surface area contributed by atoms with Gasteiger partial charge in [0.15, 0.2) is 11.6 Å². The molecule has 1 fully saturated rings. The minimum absolute atomic E-state index is 0.184. The van der Waals surface area contributed by atoms with E-state index in [1.54, 1.807) is 41.9 Å². The number of thiophene rings is 1. The molecule has 4 N–H and O–H groups in total. The van der Waals surface area contributed by atoms with Crippen molar-refractivity contribution in [1.29, 1.82) is 0 Å². The molecule has 2 amide bonds. The lowest BCUT2D eigenvalue weighted by molar-refractivity contribution is -0.111. The molecule has 1 aliphatic rings. The summed E-state index contributed by atoms with van der Waals surface area (Å²) in [4.78, 5) is 45.4. The van der Waals surface area contributed by atoms with Crippen LogP contribution in [0.25, 0.3) is 21.6 Å². The van der Waals surface area contributed by atoms with E-state index in [2.05, 4.69) is 32.1 Å². The van der Waals surface area contributed by atoms with Crippen molar-refractivity contribution in [2.45, 2.75) is 13.5 Å². The van der Waals surface area contributed by atoms with Gasteiger partial charge in [0.1, 0.15) is 0 Å². The van der Waals surface area contributed by atoms with Gasteiger partial charge >= 0.3 is 0 Å². The van der Waals surface area contributed by atoms with Crippen LogP contribution >= 0.6 is 11.3 Å². The molecule has 0 saturated carbocycles. The zero-order valence-corrected chi connectivity index (χ0v) is 21.5. The summed E-state index contributed by atoms with van der Waals surface area (Å²) < 4.78 is 6.47. The molecule has 4 heterocycles. The Morgan fingerprint density at radius 1 is 1.18 bits per heavy atom. The molecule has 0 aliphatic carbocycles. The van der Waals surface area contributed by atoms with E-state index in [1.165, 1.54) is 6.08 Å². The smallest absolute Gasteiger partial charge is 0.251 e. The molecular formula is C26H26N8O3S. The summed E-state index contributed by atoms with van der Waals surface area (Å²) in [5.41, 5.74) is 8.97. The van der Waals surface area contributed by atoms with Crippen molar-refractivity contribution in [3.8, 4) is 11.4 Å². The van der Waals surface area contributed by atoms with Gasteiger partial charge in [0.05, 0.1) is 35.5 Å². The largest absolute Gasteiger partial charge is 0.378 e. The third-order valence-electron chi connectivity index (χ3n) is 5.99. The fourth-order valence-corrected chi connectivity index (χ4v) is 5.13. The van der Waals surface area contributed by atoms with Crippen molar-refractivity contribution in [3.63, 3.8) is 0 Å². The normalized spacial score (nSPS) is 13.3. The number of rotatable bonds is 7. The number of nitrogens with zero attached hydrogens (tertiary/aromatic N) is 5. The number of carbonyl (C=O) groups excluding carboxylic acids is 2. The van der Waals surface area contributed by atoms with E-state index in [4.69, 9.17) is 20.4 Å². The van der Waals surface area contributed by atoms with Gasteiger partial charge in [0.25, 0.3) is 5.91 Å². The van der Waals surface area contributed by atoms with Gasteiger partial charge in [0.2, 0.25) is 11.9 Å². The Morgan fingerprint density at radius 2 is 1.95 bits per heavy atom. The van der Waals surface area contributed by atoms with E-state index in [0.717, 1.165) is 39.6 Å². The van der Waals surface area contributed by atoms with Crippen LogP contribution in [-0.2, 0) is 16.1 Å². The summed E-state index contributed by atoms with van der Waals surface area (Å²) >= 11 is 1.55. The molecule has 12 heteroatoms. The number of aromatic nitrogens is 4. The Kier molecular flexibility index (Phi) is 7.24. The number of hydrogen-bond acceptors (Lipinski definition) is 10. The number of benzene rings is 1. The third-order valence-corrected chi connectivity index (χ3v) is 7.11. The average Bonchev–Trinajstić information content (AvgIpc) is 3.35. The molecule has 1 aliphatic heterocycles. The van der Waals surface area contributed by atoms with Gasteiger partial charge in [-0.3, -0.25) is 9.59 Å². The fraction of sp³-hybridized carbons (Fsp3) is 0.231. The zero-order chi connectivity index (χ0) is 26.6. The monoisotopic (exact) mass is 530 g/mol. The lowest BCUT2D eigenvalue weighted by Crippen LogP contribution is -2.36. The summed E-state index contributed by atoms with van der Waals surface area (Å²) in [6, 6.07) is 7.10. The molecule has 0 radical (unpaired) electrons. The van der Waals surface area contributed by atoms with Crippen LogP contribution in [0.2, 0.25) is 0 Å². The van der Waals surface area contributed by atoms with E-state index in [0.29, 0.717) is 42.4 Å². The molecule has 11 nitrogen and oxygen atoms in total. The maximum absolute atomic E-state index is 12.9. The van der Waals surface area contributed by atoms with Crippen LogP contribution in [0.15, 0.2) is 49.3 Å². The van der Waals surface area contributed by atoms with Gasteiger partial charge in [0, 0.05) is 41.6 Å². The molecule has 0 spiro atoms. The summed E-state index contributed by atoms with van der Waals surface area (Å²) in [6.07, 6.45) is 4.41. The Balaban J connectivity index is 1.39. The summed E-state index contributed by atoms with van der Waals surface area (Å²) in [5.74, 6) is 0.995. The van der Waals surface area contributed by atoms with Crippen LogP contribution in [0.1, 0.15) is 20.8 Å². The average molecular weight is 531 g/mol. The summed E-state index contributed by atoms with van der Waals surface area (Å²) in [5, 5.41) is 5.69. The molecule has 0 atom stereocenters. The number of morpholine rings is 1. The highest BCUT2D eigenvalue weighted by atomic mass is 32.1. The molecular weight excluding hydrogens is 504 g/mol. The maximum Gasteiger partial charge on any atom is 0.251 e. The van der Waals surface area contributed by atoms with Crippen molar-refractivity contribution >= 4 is 50.8 Å². The van der Waals surface area contributed by atoms with E-state index in [-0.39, 0.29) is 17.8 Å². The number of fused-ring (bicyclic) bond motifs is 1. The Morgan fingerprint density at radius 3 is 2.66 bits per heavy atom. The quantitative estimate of drug-likeness (QED) is 0.307. The van der Waals surface area contributed by atoms with Crippen LogP contribution < -0.4 is 21.3 Å². The van der Waals surface area contributed by atoms with Crippen molar-refractivity contribution in [2.24, 2.45) is 0 Å². The Labute approximate surface area is 222 Å². The second-order valence-corrected chi connectivity index (χ2v) is 9.77. The second kappa shape index (κ2) is 10.9. The molecule has 3 aromatic heterocycles. The number of nitrogens with two attached hydrogens (primary N) is 1. The molecule has 194 valence electrons. The summed E-state index contributed by atoms with van der Waals surface area (Å²) in [7, 11) is 0. The fourth-order valence-electron chi connectivity index (χ4n) is 4.08. The number of nitrogen functional groups attached to an aromatic ring is 1. The lowest BCUT2D eigenvalue weighted by atomic mass is 10.1. The number of anilines is 3. The number of aryl methyl sites for hydroxylation is 1. The molecule has 1 aromatic carbocycles. The number of carbonyl (C=O) groups is 2. The van der Waals surface area contributed by atoms with Crippen molar-refractivity contribution in [3.05, 3.63) is 65.3 Å². The number of ether oxygens (including phenoxy) is 1. The van der Waals surface area contributed by atoms with Gasteiger partial charge in [-0.25, -0.2) is 19.9 Å². The number of amides is 2. The van der Waals surface area contributed by atoms with Crippen molar-refractivity contribution in [1.82, 2.24) is 25.3 Å². The maximum atomic E-state index is 12.9. The van der Waals surface area contributed by atoms with Crippen LogP contribution in [0.3, 0.4) is 0 Å². The lowest BCUT2D eigenvalue weighted by Gasteiger charge is -2.28. The van der Waals surface area contributed by atoms with E-state index in [9.17, 15) is 9.59 Å². The molecule has 38 heavy (non-hydrogen) atoms. The topological polar surface area (TPSA) is 148 Å². The van der Waals surface area contributed by atoms with Gasteiger partial charge in [-0.15, -0.1) is 11.3 Å². The van der Waals surface area contributed by atoms with Crippen molar-refractivity contribution < 1.29 is 14.3 Å². The minimum atomic E-state index is -0.307. The Bertz CT molecular complexity index is 1510. The zero-order valence-electron chi connectivity index (χ0n) is 20.7. The predicted octanol–water partition coefficient (Wildman–Crippen LogP) is 2.93. The van der Waals surface area contributed by atoms with Gasteiger partial charge < -0.3 is 26.0 Å². The number of nitrogens with one attached hydrogen (secondary N) is 2. The van der Waals surface area contributed by atoms with E-state index in [1.807, 2.05) is 13.0 Å². The first-order chi connectivity index (χ1) is 18.4. The molecule has 5 rings (SSSR count). The minimum Gasteiger partial charge on any atom is -0.378 e. The SMILES string of the molecule is C=CC(=O)Nc1ccc(C(=O)NCc2cc3nc(-c4cnc(N)nc4)nc(N4CCOCC4)c3s2)c(C)c1.